The zero-order chi connectivity index (χ0) is 8.55. The monoisotopic (exact) mass is 168 g/mol. The minimum Gasteiger partial charge on any atom is -0.387 e. The van der Waals surface area contributed by atoms with Gasteiger partial charge in [0.05, 0.1) is 18.5 Å². The number of fused-ring (bicyclic) bond motifs is 1. The van der Waals surface area contributed by atoms with E-state index in [0.717, 1.165) is 31.9 Å². The summed E-state index contributed by atoms with van der Waals surface area (Å²) in [6, 6.07) is 0.454. The highest BCUT2D eigenvalue weighted by atomic mass is 16.5. The molecule has 2 aliphatic rings. The van der Waals surface area contributed by atoms with Crippen molar-refractivity contribution in [1.82, 2.24) is 0 Å². The normalized spacial score (nSPS) is 41.8. The lowest BCUT2D eigenvalue weighted by Crippen LogP contribution is -2.40. The van der Waals surface area contributed by atoms with Crippen LogP contribution in [0.4, 0.5) is 0 Å². The quantitative estimate of drug-likeness (QED) is 0.581. The predicted octanol–water partition coefficient (Wildman–Crippen LogP) is 0.788. The lowest BCUT2D eigenvalue weighted by molar-refractivity contribution is 0.0331. The molecule has 1 saturated heterocycles. The lowest BCUT2D eigenvalue weighted by Gasteiger charge is -2.34. The first-order valence-corrected chi connectivity index (χ1v) is 4.68. The molecule has 0 amide bonds. The van der Waals surface area contributed by atoms with Crippen LogP contribution >= 0.6 is 0 Å². The molecule has 0 saturated carbocycles. The van der Waals surface area contributed by atoms with Crippen LogP contribution in [0.1, 0.15) is 19.8 Å². The molecule has 68 valence electrons. The molecule has 12 heavy (non-hydrogen) atoms. The fraction of sp³-hybridized carbons (Fsp3) is 0.889. The molecule has 0 spiro atoms. The highest BCUT2D eigenvalue weighted by molar-refractivity contribution is 5.83. The molecule has 0 bridgehead atoms. The van der Waals surface area contributed by atoms with Crippen molar-refractivity contribution in [2.45, 2.75) is 25.8 Å². The standard InChI is InChI=1S/C9H16N2O/c1-6-4-7-5-12-3-2-8(7)11-9(6)10/h6-8H,2-5H2,1H3,(H2,10,11)/t6?,7-,8+/m1/s1. The molecule has 0 aromatic rings. The number of hydrogen-bond donors (Lipinski definition) is 1. The van der Waals surface area contributed by atoms with Crippen LogP contribution in [-0.4, -0.2) is 25.1 Å². The first-order valence-electron chi connectivity index (χ1n) is 4.68. The second-order valence-electron chi connectivity index (χ2n) is 3.88. The Kier molecular flexibility index (Phi) is 2.05. The van der Waals surface area contributed by atoms with Gasteiger partial charge in [-0.25, -0.2) is 0 Å². The summed E-state index contributed by atoms with van der Waals surface area (Å²) in [4.78, 5) is 4.50. The summed E-state index contributed by atoms with van der Waals surface area (Å²) in [5.74, 6) is 1.92. The molecule has 0 aromatic heterocycles. The number of amidine groups is 1. The van der Waals surface area contributed by atoms with E-state index in [0.29, 0.717) is 17.9 Å². The largest absolute Gasteiger partial charge is 0.387 e. The van der Waals surface area contributed by atoms with Crippen LogP contribution in [0.15, 0.2) is 4.99 Å². The molecule has 1 unspecified atom stereocenters. The smallest absolute Gasteiger partial charge is 0.0969 e. The van der Waals surface area contributed by atoms with E-state index < -0.39 is 0 Å². The molecule has 3 atom stereocenters. The van der Waals surface area contributed by atoms with Gasteiger partial charge in [-0.15, -0.1) is 0 Å². The van der Waals surface area contributed by atoms with Gasteiger partial charge in [0.2, 0.25) is 0 Å². The van der Waals surface area contributed by atoms with Crippen molar-refractivity contribution in [3.63, 3.8) is 0 Å². The van der Waals surface area contributed by atoms with E-state index in [1.165, 1.54) is 0 Å². The number of hydrogen-bond acceptors (Lipinski definition) is 3. The molecule has 3 heteroatoms. The van der Waals surface area contributed by atoms with E-state index >= 15 is 0 Å². The summed E-state index contributed by atoms with van der Waals surface area (Å²) < 4.78 is 5.41. The Morgan fingerprint density at radius 1 is 1.58 bits per heavy atom. The molecule has 2 heterocycles. The SMILES string of the molecule is CC1C[C@@H]2COCC[C@@H]2N=C1N. The van der Waals surface area contributed by atoms with Crippen LogP contribution in [0.3, 0.4) is 0 Å². The summed E-state index contributed by atoms with van der Waals surface area (Å²) in [6.45, 7) is 3.88. The Labute approximate surface area is 73.0 Å². The van der Waals surface area contributed by atoms with Crippen LogP contribution in [0.25, 0.3) is 0 Å². The first kappa shape index (κ1) is 8.05. The van der Waals surface area contributed by atoms with Gasteiger partial charge in [0.25, 0.3) is 0 Å². The van der Waals surface area contributed by atoms with Crippen molar-refractivity contribution < 1.29 is 4.74 Å². The molecule has 2 aliphatic heterocycles. The molecule has 0 aliphatic carbocycles. The van der Waals surface area contributed by atoms with Crippen molar-refractivity contribution in [2.24, 2.45) is 22.6 Å². The van der Waals surface area contributed by atoms with Crippen LogP contribution in [0.2, 0.25) is 0 Å². The first-order chi connectivity index (χ1) is 5.77. The predicted molar refractivity (Wildman–Crippen MR) is 48.1 cm³/mol. The average Bonchev–Trinajstić information content (AvgIpc) is 2.07. The maximum atomic E-state index is 5.79. The highest BCUT2D eigenvalue weighted by Crippen LogP contribution is 2.28. The Morgan fingerprint density at radius 3 is 3.25 bits per heavy atom. The van der Waals surface area contributed by atoms with E-state index in [4.69, 9.17) is 10.5 Å². The van der Waals surface area contributed by atoms with E-state index in [-0.39, 0.29) is 0 Å². The average molecular weight is 168 g/mol. The van der Waals surface area contributed by atoms with Crippen LogP contribution in [0, 0.1) is 11.8 Å². The number of aliphatic imine (C=N–C) groups is 1. The lowest BCUT2D eigenvalue weighted by atomic mass is 9.84. The maximum absolute atomic E-state index is 5.79. The van der Waals surface area contributed by atoms with Gasteiger partial charge in [0.15, 0.2) is 0 Å². The number of ether oxygens (including phenoxy) is 1. The van der Waals surface area contributed by atoms with E-state index in [9.17, 15) is 0 Å². The van der Waals surface area contributed by atoms with Crippen molar-refractivity contribution in [3.05, 3.63) is 0 Å². The number of rotatable bonds is 0. The third-order valence-electron chi connectivity index (χ3n) is 2.91. The minimum atomic E-state index is 0.452. The van der Waals surface area contributed by atoms with E-state index in [1.807, 2.05) is 0 Å². The van der Waals surface area contributed by atoms with Gasteiger partial charge >= 0.3 is 0 Å². The molecule has 0 radical (unpaired) electrons. The van der Waals surface area contributed by atoms with Crippen LogP contribution < -0.4 is 5.73 Å². The third-order valence-corrected chi connectivity index (χ3v) is 2.91. The van der Waals surface area contributed by atoms with Gasteiger partial charge in [0, 0.05) is 18.4 Å². The zero-order valence-electron chi connectivity index (χ0n) is 7.49. The van der Waals surface area contributed by atoms with E-state index in [1.54, 1.807) is 0 Å². The van der Waals surface area contributed by atoms with E-state index in [2.05, 4.69) is 11.9 Å². The Morgan fingerprint density at radius 2 is 2.42 bits per heavy atom. The second kappa shape index (κ2) is 3.05. The fourth-order valence-electron chi connectivity index (χ4n) is 2.07. The molecular formula is C9H16N2O. The van der Waals surface area contributed by atoms with Gasteiger partial charge in [-0.3, -0.25) is 4.99 Å². The Bertz CT molecular complexity index is 203. The number of nitrogens with zero attached hydrogens (tertiary/aromatic N) is 1. The number of nitrogens with two attached hydrogens (primary N) is 1. The topological polar surface area (TPSA) is 47.6 Å². The summed E-state index contributed by atoms with van der Waals surface area (Å²) >= 11 is 0. The fourth-order valence-corrected chi connectivity index (χ4v) is 2.07. The van der Waals surface area contributed by atoms with Gasteiger partial charge < -0.3 is 10.5 Å². The third kappa shape index (κ3) is 1.33. The minimum absolute atomic E-state index is 0.452. The molecule has 2 rings (SSSR count). The van der Waals surface area contributed by atoms with Crippen molar-refractivity contribution in [1.29, 1.82) is 0 Å². The summed E-state index contributed by atoms with van der Waals surface area (Å²) in [7, 11) is 0. The van der Waals surface area contributed by atoms with Crippen molar-refractivity contribution in [2.75, 3.05) is 13.2 Å². The Hall–Kier alpha value is -0.570. The van der Waals surface area contributed by atoms with Gasteiger partial charge in [-0.2, -0.15) is 0 Å². The summed E-state index contributed by atoms with van der Waals surface area (Å²) in [6.07, 6.45) is 2.21. The van der Waals surface area contributed by atoms with Gasteiger partial charge in [0.1, 0.15) is 0 Å². The highest BCUT2D eigenvalue weighted by Gasteiger charge is 2.31. The summed E-state index contributed by atoms with van der Waals surface area (Å²) in [5, 5.41) is 0. The van der Waals surface area contributed by atoms with Crippen LogP contribution in [0.5, 0.6) is 0 Å². The Balaban J connectivity index is 2.12. The second-order valence-corrected chi connectivity index (χ2v) is 3.88. The molecular weight excluding hydrogens is 152 g/mol. The zero-order valence-corrected chi connectivity index (χ0v) is 7.49. The van der Waals surface area contributed by atoms with Gasteiger partial charge in [-0.1, -0.05) is 6.92 Å². The molecule has 3 nitrogen and oxygen atoms in total. The van der Waals surface area contributed by atoms with Crippen LogP contribution in [-0.2, 0) is 4.74 Å². The molecule has 1 fully saturated rings. The summed E-state index contributed by atoms with van der Waals surface area (Å²) in [5.41, 5.74) is 5.79. The van der Waals surface area contributed by atoms with Crippen molar-refractivity contribution >= 4 is 5.84 Å². The molecule has 2 N–H and O–H groups in total. The maximum Gasteiger partial charge on any atom is 0.0969 e. The molecule has 0 aromatic carbocycles. The van der Waals surface area contributed by atoms with Gasteiger partial charge in [-0.05, 0) is 12.8 Å². The van der Waals surface area contributed by atoms with Crippen molar-refractivity contribution in [3.8, 4) is 0 Å².